The number of sulfonamides is 1. The molecule has 2 aromatic rings. The normalized spacial score (nSPS) is 14.5. The number of carbonyl (C=O) groups is 1. The van der Waals surface area contributed by atoms with E-state index < -0.39 is 15.9 Å². The van der Waals surface area contributed by atoms with Crippen molar-refractivity contribution in [3.63, 3.8) is 0 Å². The number of hydrogen-bond donors (Lipinski definition) is 1. The number of nitrogens with zero attached hydrogens (tertiary/aromatic N) is 4. The Morgan fingerprint density at radius 2 is 1.71 bits per heavy atom. The van der Waals surface area contributed by atoms with Gasteiger partial charge in [-0.05, 0) is 49.0 Å². The minimum absolute atomic E-state index is 0.139. The third kappa shape index (κ3) is 6.51. The molecule has 0 radical (unpaired) electrons. The molecule has 1 saturated heterocycles. The molecule has 1 aliphatic rings. The SMILES string of the molecule is CCN1CCN(c2ccc(S(=O)(=O)N(CC)CC)cc2NC(=O)COc2ccc(C#N)cc2)CC1. The second-order valence-corrected chi connectivity index (χ2v) is 10.1. The topological polar surface area (TPSA) is 106 Å². The second-order valence-electron chi connectivity index (χ2n) is 8.16. The maximum absolute atomic E-state index is 13.1. The molecule has 188 valence electrons. The summed E-state index contributed by atoms with van der Waals surface area (Å²) in [5, 5.41) is 11.8. The van der Waals surface area contributed by atoms with E-state index in [1.165, 1.54) is 10.4 Å². The van der Waals surface area contributed by atoms with E-state index >= 15 is 0 Å². The van der Waals surface area contributed by atoms with Crippen molar-refractivity contribution in [3.05, 3.63) is 48.0 Å². The van der Waals surface area contributed by atoms with Crippen LogP contribution in [0.25, 0.3) is 0 Å². The highest BCUT2D eigenvalue weighted by molar-refractivity contribution is 7.89. The van der Waals surface area contributed by atoms with Crippen LogP contribution in [0.2, 0.25) is 0 Å². The lowest BCUT2D eigenvalue weighted by Gasteiger charge is -2.36. The molecule has 0 spiro atoms. The first-order valence-corrected chi connectivity index (χ1v) is 13.3. The molecule has 2 aromatic carbocycles. The largest absolute Gasteiger partial charge is 0.484 e. The van der Waals surface area contributed by atoms with E-state index in [1.807, 2.05) is 6.07 Å². The number of anilines is 2. The van der Waals surface area contributed by atoms with Crippen LogP contribution in [0.15, 0.2) is 47.4 Å². The number of nitrogens with one attached hydrogen (secondary N) is 1. The fourth-order valence-corrected chi connectivity index (χ4v) is 5.51. The predicted octanol–water partition coefficient (Wildman–Crippen LogP) is 2.75. The molecule has 1 amide bonds. The van der Waals surface area contributed by atoms with Gasteiger partial charge in [-0.3, -0.25) is 4.79 Å². The average Bonchev–Trinajstić information content (AvgIpc) is 2.88. The number of likely N-dealkylation sites (N-methyl/N-ethyl adjacent to an activating group) is 1. The lowest BCUT2D eigenvalue weighted by atomic mass is 10.2. The maximum atomic E-state index is 13.1. The van der Waals surface area contributed by atoms with E-state index in [9.17, 15) is 13.2 Å². The highest BCUT2D eigenvalue weighted by Crippen LogP contribution is 2.31. The van der Waals surface area contributed by atoms with Crippen LogP contribution >= 0.6 is 0 Å². The van der Waals surface area contributed by atoms with Gasteiger partial charge in [0.05, 0.1) is 27.9 Å². The number of ether oxygens (including phenoxy) is 1. The standard InChI is InChI=1S/C25H33N5O4S/c1-4-28-13-15-29(16-14-28)24-12-11-22(35(32,33)30(5-2)6-3)17-23(24)27-25(31)19-34-21-9-7-20(18-26)8-10-21/h7-12,17H,4-6,13-16,19H2,1-3H3,(H,27,31). The van der Waals surface area contributed by atoms with Crippen molar-refractivity contribution >= 4 is 27.3 Å². The molecule has 35 heavy (non-hydrogen) atoms. The van der Waals surface area contributed by atoms with E-state index in [0.29, 0.717) is 30.1 Å². The Bertz CT molecular complexity index is 1150. The van der Waals surface area contributed by atoms with E-state index in [-0.39, 0.29) is 11.5 Å². The number of carbonyl (C=O) groups excluding carboxylic acids is 1. The Kier molecular flexibility index (Phi) is 9.09. The van der Waals surface area contributed by atoms with Gasteiger partial charge in [-0.1, -0.05) is 20.8 Å². The number of benzene rings is 2. The zero-order chi connectivity index (χ0) is 25.4. The Hall–Kier alpha value is -3.13. The molecule has 1 heterocycles. The number of rotatable bonds is 10. The summed E-state index contributed by atoms with van der Waals surface area (Å²) in [7, 11) is -3.68. The fourth-order valence-electron chi connectivity index (χ4n) is 4.03. The molecule has 0 unspecified atom stereocenters. The molecule has 1 fully saturated rings. The predicted molar refractivity (Wildman–Crippen MR) is 136 cm³/mol. The first-order chi connectivity index (χ1) is 16.8. The minimum atomic E-state index is -3.68. The third-order valence-electron chi connectivity index (χ3n) is 6.10. The highest BCUT2D eigenvalue weighted by Gasteiger charge is 2.25. The first-order valence-electron chi connectivity index (χ1n) is 11.9. The van der Waals surface area contributed by atoms with Gasteiger partial charge in [0.2, 0.25) is 10.0 Å². The lowest BCUT2D eigenvalue weighted by molar-refractivity contribution is -0.118. The summed E-state index contributed by atoms with van der Waals surface area (Å²) < 4.78 is 33.2. The Labute approximate surface area is 207 Å². The van der Waals surface area contributed by atoms with Gasteiger partial charge in [-0.2, -0.15) is 9.57 Å². The van der Waals surface area contributed by atoms with Crippen molar-refractivity contribution in [1.29, 1.82) is 5.26 Å². The molecule has 10 heteroatoms. The summed E-state index contributed by atoms with van der Waals surface area (Å²) in [4.78, 5) is 17.4. The Morgan fingerprint density at radius 3 is 2.29 bits per heavy atom. The molecule has 1 N–H and O–H groups in total. The third-order valence-corrected chi connectivity index (χ3v) is 8.14. The second kappa shape index (κ2) is 12.0. The van der Waals surface area contributed by atoms with Gasteiger partial charge in [0.15, 0.2) is 6.61 Å². The molecule has 1 aliphatic heterocycles. The number of nitriles is 1. The van der Waals surface area contributed by atoms with E-state index in [2.05, 4.69) is 22.0 Å². The number of piperazine rings is 1. The lowest BCUT2D eigenvalue weighted by Crippen LogP contribution is -2.46. The van der Waals surface area contributed by atoms with Gasteiger partial charge < -0.3 is 19.9 Å². The smallest absolute Gasteiger partial charge is 0.262 e. The Balaban J connectivity index is 1.83. The van der Waals surface area contributed by atoms with Crippen LogP contribution in [0, 0.1) is 11.3 Å². The van der Waals surface area contributed by atoms with Gasteiger partial charge in [0.1, 0.15) is 5.75 Å². The van der Waals surface area contributed by atoms with Crippen LogP contribution in [0.5, 0.6) is 5.75 Å². The van der Waals surface area contributed by atoms with Crippen molar-refractivity contribution in [3.8, 4) is 11.8 Å². The Morgan fingerprint density at radius 1 is 1.06 bits per heavy atom. The highest BCUT2D eigenvalue weighted by atomic mass is 32.2. The number of hydrogen-bond acceptors (Lipinski definition) is 7. The summed E-state index contributed by atoms with van der Waals surface area (Å²) in [6.45, 7) is 10.5. The quantitative estimate of drug-likeness (QED) is 0.536. The fraction of sp³-hybridized carbons (Fsp3) is 0.440. The van der Waals surface area contributed by atoms with Crippen molar-refractivity contribution in [2.45, 2.75) is 25.7 Å². The van der Waals surface area contributed by atoms with Gasteiger partial charge in [0, 0.05) is 39.3 Å². The van der Waals surface area contributed by atoms with E-state index in [1.54, 1.807) is 50.2 Å². The monoisotopic (exact) mass is 499 g/mol. The maximum Gasteiger partial charge on any atom is 0.262 e. The van der Waals surface area contributed by atoms with Crippen molar-refractivity contribution in [1.82, 2.24) is 9.21 Å². The molecular formula is C25H33N5O4S. The first kappa shape index (κ1) is 26.5. The minimum Gasteiger partial charge on any atom is -0.484 e. The van der Waals surface area contributed by atoms with Crippen LogP contribution in [0.1, 0.15) is 26.3 Å². The van der Waals surface area contributed by atoms with E-state index in [0.717, 1.165) is 38.4 Å². The van der Waals surface area contributed by atoms with Crippen LogP contribution in [-0.2, 0) is 14.8 Å². The van der Waals surface area contributed by atoms with Crippen LogP contribution in [-0.4, -0.2) is 76.0 Å². The molecule has 0 bridgehead atoms. The van der Waals surface area contributed by atoms with Gasteiger partial charge >= 0.3 is 0 Å². The van der Waals surface area contributed by atoms with Crippen molar-refractivity contribution in [2.24, 2.45) is 0 Å². The molecule has 0 aromatic heterocycles. The van der Waals surface area contributed by atoms with Gasteiger partial charge in [0.25, 0.3) is 5.91 Å². The number of amides is 1. The van der Waals surface area contributed by atoms with Gasteiger partial charge in [-0.15, -0.1) is 0 Å². The molecule has 0 saturated carbocycles. The molecule has 3 rings (SSSR count). The summed E-state index contributed by atoms with van der Waals surface area (Å²) >= 11 is 0. The molecular weight excluding hydrogens is 466 g/mol. The summed E-state index contributed by atoms with van der Waals surface area (Å²) in [6.07, 6.45) is 0. The zero-order valence-electron chi connectivity index (χ0n) is 20.5. The molecule has 0 aliphatic carbocycles. The summed E-state index contributed by atoms with van der Waals surface area (Å²) in [5.41, 5.74) is 1.73. The van der Waals surface area contributed by atoms with Crippen molar-refractivity contribution in [2.75, 3.05) is 62.6 Å². The van der Waals surface area contributed by atoms with Crippen LogP contribution in [0.4, 0.5) is 11.4 Å². The van der Waals surface area contributed by atoms with Crippen LogP contribution in [0.3, 0.4) is 0 Å². The summed E-state index contributed by atoms with van der Waals surface area (Å²) in [6, 6.07) is 13.4. The zero-order valence-corrected chi connectivity index (χ0v) is 21.3. The van der Waals surface area contributed by atoms with Crippen LogP contribution < -0.4 is 15.0 Å². The van der Waals surface area contributed by atoms with Crippen molar-refractivity contribution < 1.29 is 17.9 Å². The molecule has 0 atom stereocenters. The van der Waals surface area contributed by atoms with Gasteiger partial charge in [-0.25, -0.2) is 8.42 Å². The average molecular weight is 500 g/mol. The van der Waals surface area contributed by atoms with E-state index in [4.69, 9.17) is 10.00 Å². The summed E-state index contributed by atoms with van der Waals surface area (Å²) in [5.74, 6) is 0.0631. The molecule has 9 nitrogen and oxygen atoms in total.